The van der Waals surface area contributed by atoms with Crippen LogP contribution < -0.4 is 11.1 Å². The molecule has 0 aliphatic rings. The second kappa shape index (κ2) is 10.4. The largest absolute Gasteiger partial charge is 0.480 e. The fraction of sp³-hybridized carbons (Fsp3) is 0.714. The van der Waals surface area contributed by atoms with Crippen molar-refractivity contribution in [1.29, 1.82) is 0 Å². The van der Waals surface area contributed by atoms with Crippen molar-refractivity contribution >= 4 is 11.9 Å². The number of rotatable bonds is 10. The summed E-state index contributed by atoms with van der Waals surface area (Å²) in [4.78, 5) is 22.5. The number of nitrogens with two attached hydrogens (primary N) is 1. The zero-order chi connectivity index (χ0) is 14.7. The summed E-state index contributed by atoms with van der Waals surface area (Å²) in [6, 6.07) is -0.989. The van der Waals surface area contributed by atoms with E-state index in [0.29, 0.717) is 18.9 Å². The molecule has 2 unspecified atom stereocenters. The summed E-state index contributed by atoms with van der Waals surface area (Å²) in [5.41, 5.74) is 5.53. The summed E-state index contributed by atoms with van der Waals surface area (Å²) in [6.07, 6.45) is 9.11. The number of carboxylic acid groups (broad SMARTS) is 1. The topological polar surface area (TPSA) is 92.4 Å². The van der Waals surface area contributed by atoms with E-state index in [0.717, 1.165) is 25.7 Å². The molecule has 108 valence electrons. The molecule has 0 fully saturated rings. The van der Waals surface area contributed by atoms with Gasteiger partial charge in [0.2, 0.25) is 5.91 Å². The third kappa shape index (κ3) is 8.22. The van der Waals surface area contributed by atoms with Gasteiger partial charge < -0.3 is 16.2 Å². The summed E-state index contributed by atoms with van der Waals surface area (Å²) in [6.45, 7) is 2.71. The number of carbonyl (C=O) groups excluding carboxylic acids is 1. The van der Waals surface area contributed by atoms with Gasteiger partial charge in [-0.15, -0.1) is 12.3 Å². The van der Waals surface area contributed by atoms with E-state index in [4.69, 9.17) is 17.3 Å². The molecule has 5 heteroatoms. The van der Waals surface area contributed by atoms with Crippen molar-refractivity contribution in [3.8, 4) is 12.3 Å². The first kappa shape index (κ1) is 17.5. The molecule has 0 heterocycles. The van der Waals surface area contributed by atoms with Gasteiger partial charge in [0.25, 0.3) is 0 Å². The Morgan fingerprint density at radius 3 is 2.53 bits per heavy atom. The maximum Gasteiger partial charge on any atom is 0.327 e. The van der Waals surface area contributed by atoms with E-state index in [1.807, 2.05) is 0 Å². The average Bonchev–Trinajstić information content (AvgIpc) is 2.36. The summed E-state index contributed by atoms with van der Waals surface area (Å²) in [7, 11) is 0. The smallest absolute Gasteiger partial charge is 0.327 e. The highest BCUT2D eigenvalue weighted by molar-refractivity contribution is 5.83. The van der Waals surface area contributed by atoms with Crippen LogP contribution in [0, 0.1) is 18.3 Å². The predicted molar refractivity (Wildman–Crippen MR) is 74.3 cm³/mol. The molecule has 0 radical (unpaired) electrons. The molecule has 0 spiro atoms. The van der Waals surface area contributed by atoms with E-state index >= 15 is 0 Å². The van der Waals surface area contributed by atoms with Gasteiger partial charge in [0.05, 0.1) is 0 Å². The fourth-order valence-corrected chi connectivity index (χ4v) is 2.00. The van der Waals surface area contributed by atoms with Crippen molar-refractivity contribution in [1.82, 2.24) is 5.32 Å². The molecular weight excluding hydrogens is 244 g/mol. The Kier molecular flexibility index (Phi) is 9.55. The van der Waals surface area contributed by atoms with Crippen LogP contribution >= 0.6 is 0 Å². The number of aliphatic carboxylic acids is 1. The zero-order valence-electron chi connectivity index (χ0n) is 11.5. The first-order chi connectivity index (χ1) is 9.04. The number of carbonyl (C=O) groups is 2. The molecule has 0 bridgehead atoms. The maximum atomic E-state index is 11.7. The summed E-state index contributed by atoms with van der Waals surface area (Å²) in [5.74, 6) is 1.31. The Bertz CT molecular complexity index is 317. The van der Waals surface area contributed by atoms with E-state index in [1.54, 1.807) is 0 Å². The minimum absolute atomic E-state index is 0.00224. The van der Waals surface area contributed by atoms with Crippen LogP contribution in [0.1, 0.15) is 45.4 Å². The van der Waals surface area contributed by atoms with Crippen LogP contribution in [0.25, 0.3) is 0 Å². The number of nitrogens with one attached hydrogen (secondary N) is 1. The third-order valence-electron chi connectivity index (χ3n) is 3.01. The second-order valence-corrected chi connectivity index (χ2v) is 4.64. The number of amides is 1. The molecule has 0 saturated heterocycles. The minimum atomic E-state index is -1.10. The van der Waals surface area contributed by atoms with E-state index in [9.17, 15) is 9.59 Å². The van der Waals surface area contributed by atoms with Gasteiger partial charge in [-0.1, -0.05) is 19.8 Å². The molecule has 0 aliphatic heterocycles. The normalized spacial score (nSPS) is 13.3. The third-order valence-corrected chi connectivity index (χ3v) is 3.01. The van der Waals surface area contributed by atoms with E-state index in [2.05, 4.69) is 18.2 Å². The molecular formula is C14H24N2O3. The Morgan fingerprint density at radius 2 is 2.05 bits per heavy atom. The van der Waals surface area contributed by atoms with Gasteiger partial charge >= 0.3 is 5.97 Å². The number of carboxylic acids is 1. The highest BCUT2D eigenvalue weighted by Gasteiger charge is 2.19. The molecule has 0 aliphatic carbocycles. The van der Waals surface area contributed by atoms with Crippen LogP contribution in [0.3, 0.4) is 0 Å². The van der Waals surface area contributed by atoms with Crippen LogP contribution in [0.5, 0.6) is 0 Å². The SMILES string of the molecule is C#CCC(NC(=O)CCC(CCC)CCN)C(=O)O. The Hall–Kier alpha value is -1.54. The lowest BCUT2D eigenvalue weighted by Crippen LogP contribution is -2.40. The van der Waals surface area contributed by atoms with Gasteiger partial charge in [0.15, 0.2) is 0 Å². The summed E-state index contributed by atoms with van der Waals surface area (Å²) in [5, 5.41) is 11.3. The van der Waals surface area contributed by atoms with Crippen molar-refractivity contribution < 1.29 is 14.7 Å². The van der Waals surface area contributed by atoms with Gasteiger partial charge in [0, 0.05) is 12.8 Å². The Morgan fingerprint density at radius 1 is 1.37 bits per heavy atom. The van der Waals surface area contributed by atoms with Crippen molar-refractivity contribution in [2.45, 2.75) is 51.5 Å². The Labute approximate surface area is 114 Å². The van der Waals surface area contributed by atoms with Gasteiger partial charge in [-0.3, -0.25) is 4.79 Å². The van der Waals surface area contributed by atoms with Crippen LogP contribution in [0.2, 0.25) is 0 Å². The molecule has 0 aromatic rings. The van der Waals surface area contributed by atoms with Crippen LogP contribution in [0.15, 0.2) is 0 Å². The molecule has 0 aromatic heterocycles. The lowest BCUT2D eigenvalue weighted by atomic mass is 9.94. The molecule has 4 N–H and O–H groups in total. The zero-order valence-corrected chi connectivity index (χ0v) is 11.5. The lowest BCUT2D eigenvalue weighted by Gasteiger charge is -2.16. The van der Waals surface area contributed by atoms with Crippen LogP contribution in [-0.4, -0.2) is 29.6 Å². The molecule has 2 atom stereocenters. The molecule has 19 heavy (non-hydrogen) atoms. The fourth-order valence-electron chi connectivity index (χ4n) is 2.00. The Balaban J connectivity index is 4.14. The van der Waals surface area contributed by atoms with Crippen molar-refractivity contribution in [2.75, 3.05) is 6.54 Å². The second-order valence-electron chi connectivity index (χ2n) is 4.64. The molecule has 5 nitrogen and oxygen atoms in total. The molecule has 0 rings (SSSR count). The monoisotopic (exact) mass is 268 g/mol. The highest BCUT2D eigenvalue weighted by Crippen LogP contribution is 2.16. The van der Waals surface area contributed by atoms with Crippen molar-refractivity contribution in [3.63, 3.8) is 0 Å². The molecule has 0 saturated carbocycles. The van der Waals surface area contributed by atoms with Crippen LogP contribution in [-0.2, 0) is 9.59 Å². The van der Waals surface area contributed by atoms with E-state index in [1.165, 1.54) is 0 Å². The molecule has 1 amide bonds. The minimum Gasteiger partial charge on any atom is -0.480 e. The van der Waals surface area contributed by atoms with Gasteiger partial charge in [-0.25, -0.2) is 4.79 Å². The lowest BCUT2D eigenvalue weighted by molar-refractivity contribution is -0.141. The maximum absolute atomic E-state index is 11.7. The highest BCUT2D eigenvalue weighted by atomic mass is 16.4. The first-order valence-electron chi connectivity index (χ1n) is 6.70. The summed E-state index contributed by atoms with van der Waals surface area (Å²) >= 11 is 0. The quantitative estimate of drug-likeness (QED) is 0.518. The summed E-state index contributed by atoms with van der Waals surface area (Å²) < 4.78 is 0. The van der Waals surface area contributed by atoms with Gasteiger partial charge in [-0.05, 0) is 25.3 Å². The van der Waals surface area contributed by atoms with Crippen molar-refractivity contribution in [2.24, 2.45) is 11.7 Å². The number of hydrogen-bond acceptors (Lipinski definition) is 3. The van der Waals surface area contributed by atoms with Gasteiger partial charge in [0.1, 0.15) is 6.04 Å². The van der Waals surface area contributed by atoms with Crippen LogP contribution in [0.4, 0.5) is 0 Å². The standard InChI is InChI=1S/C14H24N2O3/c1-3-5-11(9-10-15)7-8-13(17)16-12(6-4-2)14(18)19/h2,11-12H,3,5-10,15H2,1H3,(H,16,17)(H,18,19). The predicted octanol–water partition coefficient (Wildman–Crippen LogP) is 1.12. The van der Waals surface area contributed by atoms with E-state index < -0.39 is 12.0 Å². The number of terminal acetylenes is 1. The first-order valence-corrected chi connectivity index (χ1v) is 6.70. The van der Waals surface area contributed by atoms with Crippen molar-refractivity contribution in [3.05, 3.63) is 0 Å². The van der Waals surface area contributed by atoms with E-state index in [-0.39, 0.29) is 12.3 Å². The van der Waals surface area contributed by atoms with Gasteiger partial charge in [-0.2, -0.15) is 0 Å². The average molecular weight is 268 g/mol. The number of hydrogen-bond donors (Lipinski definition) is 3. The molecule has 0 aromatic carbocycles.